The average Bonchev–Trinajstić information content (AvgIpc) is 2.88. The number of aromatic nitrogens is 3. The third-order valence-electron chi connectivity index (χ3n) is 2.17. The van der Waals surface area contributed by atoms with Crippen LogP contribution in [0.5, 0.6) is 0 Å². The van der Waals surface area contributed by atoms with Crippen molar-refractivity contribution in [1.82, 2.24) is 14.8 Å². The topological polar surface area (TPSA) is 59.8 Å². The van der Waals surface area contributed by atoms with Gasteiger partial charge in [0.2, 0.25) is 0 Å². The predicted molar refractivity (Wildman–Crippen MR) is 67.3 cm³/mol. The molecule has 2 heterocycles. The molecule has 6 heteroatoms. The summed E-state index contributed by atoms with van der Waals surface area (Å²) in [6.45, 7) is 4.78. The number of hydrogen-bond donors (Lipinski definition) is 1. The van der Waals surface area contributed by atoms with Crippen molar-refractivity contribution in [3.8, 4) is 0 Å². The summed E-state index contributed by atoms with van der Waals surface area (Å²) in [7, 11) is 0. The molecule has 90 valence electrons. The minimum absolute atomic E-state index is 0.214. The second-order valence-electron chi connectivity index (χ2n) is 3.71. The number of rotatable bonds is 4. The lowest BCUT2D eigenvalue weighted by molar-refractivity contribution is 0.102. The molecule has 0 atom stereocenters. The zero-order valence-corrected chi connectivity index (χ0v) is 10.6. The van der Waals surface area contributed by atoms with E-state index in [1.165, 1.54) is 11.3 Å². The molecule has 0 fully saturated rings. The van der Waals surface area contributed by atoms with Crippen LogP contribution >= 0.6 is 11.3 Å². The smallest absolute Gasteiger partial charge is 0.277 e. The van der Waals surface area contributed by atoms with E-state index in [2.05, 4.69) is 22.3 Å². The van der Waals surface area contributed by atoms with Crippen LogP contribution in [0.15, 0.2) is 17.6 Å². The number of thiazole rings is 1. The van der Waals surface area contributed by atoms with Crippen LogP contribution in [0.3, 0.4) is 0 Å². The maximum Gasteiger partial charge on any atom is 0.277 e. The summed E-state index contributed by atoms with van der Waals surface area (Å²) in [6.07, 6.45) is 2.81. The van der Waals surface area contributed by atoms with Crippen LogP contribution in [0.25, 0.3) is 0 Å². The van der Waals surface area contributed by atoms with Crippen molar-refractivity contribution in [2.24, 2.45) is 0 Å². The summed E-state index contributed by atoms with van der Waals surface area (Å²) in [4.78, 5) is 16.0. The van der Waals surface area contributed by atoms with Crippen molar-refractivity contribution in [2.75, 3.05) is 5.32 Å². The third kappa shape index (κ3) is 2.91. The molecule has 2 aromatic rings. The van der Waals surface area contributed by atoms with Crippen LogP contribution in [0.1, 0.15) is 29.5 Å². The van der Waals surface area contributed by atoms with Crippen LogP contribution in [0.4, 0.5) is 5.13 Å². The molecule has 0 saturated carbocycles. The van der Waals surface area contributed by atoms with Crippen LogP contribution < -0.4 is 5.32 Å². The molecule has 17 heavy (non-hydrogen) atoms. The summed E-state index contributed by atoms with van der Waals surface area (Å²) in [5, 5.41) is 9.41. The van der Waals surface area contributed by atoms with Crippen molar-refractivity contribution in [3.63, 3.8) is 0 Å². The normalized spacial score (nSPS) is 10.5. The van der Waals surface area contributed by atoms with E-state index >= 15 is 0 Å². The van der Waals surface area contributed by atoms with Gasteiger partial charge in [0.05, 0.1) is 5.69 Å². The molecule has 0 aliphatic carbocycles. The quantitative estimate of drug-likeness (QED) is 0.905. The molecule has 0 saturated heterocycles. The largest absolute Gasteiger partial charge is 0.296 e. The van der Waals surface area contributed by atoms with Gasteiger partial charge in [-0.15, -0.1) is 11.3 Å². The zero-order valence-electron chi connectivity index (χ0n) is 9.80. The van der Waals surface area contributed by atoms with Crippen LogP contribution in [-0.2, 0) is 6.54 Å². The Kier molecular flexibility index (Phi) is 3.53. The fourth-order valence-corrected chi connectivity index (χ4v) is 2.09. The highest BCUT2D eigenvalue weighted by Crippen LogP contribution is 2.15. The van der Waals surface area contributed by atoms with E-state index in [1.807, 2.05) is 18.5 Å². The first-order valence-electron chi connectivity index (χ1n) is 5.46. The van der Waals surface area contributed by atoms with Gasteiger partial charge in [0.1, 0.15) is 0 Å². The Morgan fingerprint density at radius 3 is 3.06 bits per heavy atom. The molecule has 0 unspecified atom stereocenters. The van der Waals surface area contributed by atoms with E-state index in [-0.39, 0.29) is 5.91 Å². The van der Waals surface area contributed by atoms with Crippen molar-refractivity contribution < 1.29 is 4.79 Å². The molecule has 1 N–H and O–H groups in total. The van der Waals surface area contributed by atoms with E-state index in [0.717, 1.165) is 18.7 Å². The molecule has 0 radical (unpaired) electrons. The Labute approximate surface area is 103 Å². The summed E-state index contributed by atoms with van der Waals surface area (Å²) < 4.78 is 1.77. The Morgan fingerprint density at radius 2 is 2.41 bits per heavy atom. The van der Waals surface area contributed by atoms with Crippen LogP contribution in [0, 0.1) is 6.92 Å². The highest BCUT2D eigenvalue weighted by atomic mass is 32.1. The molecule has 0 aliphatic rings. The number of anilines is 1. The van der Waals surface area contributed by atoms with Gasteiger partial charge in [-0.1, -0.05) is 6.92 Å². The predicted octanol–water partition coefficient (Wildman–Crippen LogP) is 2.31. The fraction of sp³-hybridized carbons (Fsp3) is 0.364. The number of nitrogens with zero attached hydrogens (tertiary/aromatic N) is 3. The maximum atomic E-state index is 11.8. The van der Waals surface area contributed by atoms with E-state index in [9.17, 15) is 4.79 Å². The maximum absolute atomic E-state index is 11.8. The van der Waals surface area contributed by atoms with Gasteiger partial charge in [-0.25, -0.2) is 4.98 Å². The Hall–Kier alpha value is -1.69. The summed E-state index contributed by atoms with van der Waals surface area (Å²) in [5.41, 5.74) is 1.33. The second-order valence-corrected chi connectivity index (χ2v) is 4.57. The number of nitrogens with one attached hydrogen (secondary N) is 1. The van der Waals surface area contributed by atoms with Crippen molar-refractivity contribution in [2.45, 2.75) is 26.8 Å². The SMILES string of the molecule is CCCn1ccc(C(=O)Nc2nc(C)cs2)n1. The van der Waals surface area contributed by atoms with Crippen molar-refractivity contribution in [3.05, 3.63) is 29.0 Å². The molecule has 0 bridgehead atoms. The number of hydrogen-bond acceptors (Lipinski definition) is 4. The van der Waals surface area contributed by atoms with Gasteiger partial charge in [0.25, 0.3) is 5.91 Å². The molecule has 5 nitrogen and oxygen atoms in total. The molecule has 0 spiro atoms. The minimum atomic E-state index is -0.214. The van der Waals surface area contributed by atoms with Gasteiger partial charge in [-0.05, 0) is 19.4 Å². The van der Waals surface area contributed by atoms with Gasteiger partial charge in [0.15, 0.2) is 10.8 Å². The first-order chi connectivity index (χ1) is 8.19. The molecule has 0 aliphatic heterocycles. The highest BCUT2D eigenvalue weighted by Gasteiger charge is 2.11. The number of aryl methyl sites for hydroxylation is 2. The van der Waals surface area contributed by atoms with Crippen LogP contribution in [-0.4, -0.2) is 20.7 Å². The average molecular weight is 250 g/mol. The standard InChI is InChI=1S/C11H14N4OS/c1-3-5-15-6-4-9(14-15)10(16)13-11-12-8(2)7-17-11/h4,6-7H,3,5H2,1-2H3,(H,12,13,16). The van der Waals surface area contributed by atoms with Crippen molar-refractivity contribution in [1.29, 1.82) is 0 Å². The molecule has 1 amide bonds. The molecule has 0 aromatic carbocycles. The zero-order chi connectivity index (χ0) is 12.3. The lowest BCUT2D eigenvalue weighted by Gasteiger charge is -1.98. The fourth-order valence-electron chi connectivity index (χ4n) is 1.41. The minimum Gasteiger partial charge on any atom is -0.296 e. The summed E-state index contributed by atoms with van der Waals surface area (Å²) >= 11 is 1.41. The van der Waals surface area contributed by atoms with Gasteiger partial charge in [-0.3, -0.25) is 14.8 Å². The number of carbonyl (C=O) groups is 1. The second kappa shape index (κ2) is 5.09. The Bertz CT molecular complexity index is 517. The van der Waals surface area contributed by atoms with Crippen molar-refractivity contribution >= 4 is 22.4 Å². The van der Waals surface area contributed by atoms with E-state index in [1.54, 1.807) is 10.7 Å². The van der Waals surface area contributed by atoms with Gasteiger partial charge >= 0.3 is 0 Å². The molecule has 2 rings (SSSR count). The van der Waals surface area contributed by atoms with E-state index in [4.69, 9.17) is 0 Å². The molecular formula is C11H14N4OS. The lowest BCUT2D eigenvalue weighted by atomic mass is 10.4. The Balaban J connectivity index is 2.03. The first-order valence-corrected chi connectivity index (χ1v) is 6.34. The van der Waals surface area contributed by atoms with Gasteiger partial charge in [-0.2, -0.15) is 5.10 Å². The number of carbonyl (C=O) groups excluding carboxylic acids is 1. The van der Waals surface area contributed by atoms with Crippen LogP contribution in [0.2, 0.25) is 0 Å². The summed E-state index contributed by atoms with van der Waals surface area (Å²) in [5.74, 6) is -0.214. The van der Waals surface area contributed by atoms with E-state index < -0.39 is 0 Å². The van der Waals surface area contributed by atoms with E-state index in [0.29, 0.717) is 10.8 Å². The number of amides is 1. The summed E-state index contributed by atoms with van der Waals surface area (Å²) in [6, 6.07) is 1.71. The molecule has 2 aromatic heterocycles. The third-order valence-corrected chi connectivity index (χ3v) is 3.04. The Morgan fingerprint density at radius 1 is 1.59 bits per heavy atom. The molecular weight excluding hydrogens is 236 g/mol. The van der Waals surface area contributed by atoms with Gasteiger partial charge in [0, 0.05) is 18.1 Å². The first kappa shape index (κ1) is 11.8. The highest BCUT2D eigenvalue weighted by molar-refractivity contribution is 7.13. The van der Waals surface area contributed by atoms with Gasteiger partial charge < -0.3 is 0 Å². The monoisotopic (exact) mass is 250 g/mol. The lowest BCUT2D eigenvalue weighted by Crippen LogP contribution is -2.13.